The Balaban J connectivity index is 2.31. The van der Waals surface area contributed by atoms with Gasteiger partial charge in [0, 0.05) is 24.3 Å². The van der Waals surface area contributed by atoms with Crippen LogP contribution in [-0.4, -0.2) is 39.8 Å². The molecule has 1 N–H and O–H groups in total. The number of likely N-dealkylation sites (tertiary alicyclic amines) is 1. The average Bonchev–Trinajstić information content (AvgIpc) is 2.83. The second-order valence-corrected chi connectivity index (χ2v) is 7.78. The van der Waals surface area contributed by atoms with Crippen LogP contribution < -0.4 is 0 Å². The van der Waals surface area contributed by atoms with Crippen molar-refractivity contribution in [2.75, 3.05) is 11.7 Å². The van der Waals surface area contributed by atoms with E-state index in [2.05, 4.69) is 28.9 Å². The van der Waals surface area contributed by atoms with Gasteiger partial charge in [-0.05, 0) is 12.0 Å². The molecule has 1 aromatic rings. The molecule has 0 aliphatic carbocycles. The van der Waals surface area contributed by atoms with Crippen LogP contribution in [0.4, 0.5) is 0 Å². The molecule has 1 aliphatic heterocycles. The highest BCUT2D eigenvalue weighted by atomic mass is 79.9. The van der Waals surface area contributed by atoms with Crippen LogP contribution in [0.15, 0.2) is 41.3 Å². The number of thioether (sulfide) groups is 1. The number of carbonyl (C=O) groups is 1. The number of carbonyl (C=O) groups excluding carboxylic acids is 1. The summed E-state index contributed by atoms with van der Waals surface area (Å²) in [6.45, 7) is 2.06. The van der Waals surface area contributed by atoms with E-state index in [0.717, 1.165) is 21.6 Å². The van der Waals surface area contributed by atoms with E-state index in [1.165, 1.54) is 0 Å². The number of alkyl halides is 1. The van der Waals surface area contributed by atoms with Gasteiger partial charge in [0.25, 0.3) is 0 Å². The van der Waals surface area contributed by atoms with Gasteiger partial charge in [0.05, 0.1) is 10.7 Å². The quantitative estimate of drug-likeness (QED) is 0.760. The Morgan fingerprint density at radius 3 is 2.77 bits per heavy atom. The van der Waals surface area contributed by atoms with Gasteiger partial charge in [-0.25, -0.2) is 0 Å². The number of hydrogen-bond acceptors (Lipinski definition) is 3. The van der Waals surface area contributed by atoms with Crippen LogP contribution >= 0.6 is 27.7 Å². The van der Waals surface area contributed by atoms with Gasteiger partial charge < -0.3 is 10.0 Å². The lowest BCUT2D eigenvalue weighted by Crippen LogP contribution is -2.41. The molecule has 0 spiro atoms. The lowest BCUT2D eigenvalue weighted by atomic mass is 9.88. The van der Waals surface area contributed by atoms with Gasteiger partial charge in [0.1, 0.15) is 6.10 Å². The van der Waals surface area contributed by atoms with Crippen molar-refractivity contribution in [3.63, 3.8) is 0 Å². The van der Waals surface area contributed by atoms with Gasteiger partial charge in [-0.3, -0.25) is 4.79 Å². The lowest BCUT2D eigenvalue weighted by molar-refractivity contribution is -0.128. The predicted molar refractivity (Wildman–Crippen MR) is 96.1 cm³/mol. The zero-order chi connectivity index (χ0) is 16.1. The number of benzene rings is 1. The molecule has 120 valence electrons. The fraction of sp³-hybridized carbons (Fsp3) is 0.471. The van der Waals surface area contributed by atoms with Crippen LogP contribution in [0.3, 0.4) is 0 Å². The number of halogens is 1. The first-order valence-electron chi connectivity index (χ1n) is 7.47. The van der Waals surface area contributed by atoms with Crippen LogP contribution in [-0.2, 0) is 4.79 Å². The summed E-state index contributed by atoms with van der Waals surface area (Å²) in [5, 5.41) is 10.9. The molecular weight excluding hydrogens is 362 g/mol. The smallest absolute Gasteiger partial charge is 0.223 e. The normalized spacial score (nSPS) is 23.9. The highest BCUT2D eigenvalue weighted by Gasteiger charge is 2.43. The highest BCUT2D eigenvalue weighted by molar-refractivity contribution is 9.11. The minimum Gasteiger partial charge on any atom is -0.386 e. The molecule has 3 unspecified atom stereocenters. The van der Waals surface area contributed by atoms with Crippen LogP contribution in [0, 0.1) is 0 Å². The molecule has 3 nitrogen and oxygen atoms in total. The second kappa shape index (κ2) is 8.18. The maximum Gasteiger partial charge on any atom is 0.223 e. The number of nitrogens with zero attached hydrogens (tertiary/aromatic N) is 1. The van der Waals surface area contributed by atoms with Gasteiger partial charge in [0.2, 0.25) is 5.91 Å². The summed E-state index contributed by atoms with van der Waals surface area (Å²) in [5.74, 6) is 0.127. The fourth-order valence-electron chi connectivity index (χ4n) is 3.03. The van der Waals surface area contributed by atoms with Crippen molar-refractivity contribution >= 4 is 33.6 Å². The molecule has 22 heavy (non-hydrogen) atoms. The molecule has 0 radical (unpaired) electrons. The van der Waals surface area contributed by atoms with Crippen molar-refractivity contribution in [2.45, 2.75) is 37.8 Å². The third-order valence-electron chi connectivity index (χ3n) is 4.12. The standard InChI is InChI=1S/C17H22BrNO2S/c1-3-7-14(22-11-18)17(21)16-13(10-15(20)19(16)2)12-8-5-4-6-9-12/h4-9,13,16-17,21H,3,10-11H2,1-2H3/b14-7-. The first-order valence-corrected chi connectivity index (χ1v) is 9.58. The summed E-state index contributed by atoms with van der Waals surface area (Å²) >= 11 is 5.00. The maximum atomic E-state index is 12.2. The van der Waals surface area contributed by atoms with Gasteiger partial charge in [-0.1, -0.05) is 59.3 Å². The minimum absolute atomic E-state index is 0.0323. The summed E-state index contributed by atoms with van der Waals surface area (Å²) in [6, 6.07) is 9.81. The molecular formula is C17H22BrNO2S. The lowest BCUT2D eigenvalue weighted by Gasteiger charge is -2.31. The van der Waals surface area contributed by atoms with Crippen molar-refractivity contribution in [3.8, 4) is 0 Å². The maximum absolute atomic E-state index is 12.2. The van der Waals surface area contributed by atoms with E-state index in [4.69, 9.17) is 0 Å². The third kappa shape index (κ3) is 3.76. The van der Waals surface area contributed by atoms with Crippen LogP contribution in [0.1, 0.15) is 31.2 Å². The van der Waals surface area contributed by atoms with E-state index in [9.17, 15) is 9.90 Å². The molecule has 5 heteroatoms. The largest absolute Gasteiger partial charge is 0.386 e. The molecule has 1 fully saturated rings. The Kier molecular flexibility index (Phi) is 6.53. The van der Waals surface area contributed by atoms with Crippen LogP contribution in [0.25, 0.3) is 0 Å². The van der Waals surface area contributed by atoms with E-state index < -0.39 is 6.10 Å². The van der Waals surface area contributed by atoms with Crippen molar-refractivity contribution < 1.29 is 9.90 Å². The van der Waals surface area contributed by atoms with Gasteiger partial charge >= 0.3 is 0 Å². The number of likely N-dealkylation sites (N-methyl/N-ethyl adjacent to an activating group) is 1. The highest BCUT2D eigenvalue weighted by Crippen LogP contribution is 2.39. The topological polar surface area (TPSA) is 40.5 Å². The summed E-state index contributed by atoms with van der Waals surface area (Å²) in [5.41, 5.74) is 1.11. The van der Waals surface area contributed by atoms with Crippen molar-refractivity contribution in [1.29, 1.82) is 0 Å². The monoisotopic (exact) mass is 383 g/mol. The van der Waals surface area contributed by atoms with E-state index >= 15 is 0 Å². The van der Waals surface area contributed by atoms with Crippen molar-refractivity contribution in [3.05, 3.63) is 46.9 Å². The zero-order valence-corrected chi connectivity index (χ0v) is 15.3. The Morgan fingerprint density at radius 2 is 2.18 bits per heavy atom. The van der Waals surface area contributed by atoms with Crippen LogP contribution in [0.5, 0.6) is 0 Å². The summed E-state index contributed by atoms with van der Waals surface area (Å²) in [7, 11) is 1.79. The molecule has 1 aliphatic rings. The number of rotatable bonds is 6. The first-order chi connectivity index (χ1) is 10.6. The van der Waals surface area contributed by atoms with E-state index in [1.54, 1.807) is 23.7 Å². The average molecular weight is 384 g/mol. The second-order valence-electron chi connectivity index (χ2n) is 5.43. The molecule has 0 bridgehead atoms. The van der Waals surface area contributed by atoms with Crippen LogP contribution in [0.2, 0.25) is 0 Å². The molecule has 1 aromatic carbocycles. The number of allylic oxidation sites excluding steroid dienone is 1. The fourth-order valence-corrected chi connectivity index (χ4v) is 4.55. The molecule has 0 aromatic heterocycles. The summed E-state index contributed by atoms with van der Waals surface area (Å²) in [6.07, 6.45) is 2.73. The van der Waals surface area contributed by atoms with Crippen molar-refractivity contribution in [1.82, 2.24) is 4.90 Å². The van der Waals surface area contributed by atoms with E-state index in [0.29, 0.717) is 6.42 Å². The number of amides is 1. The first kappa shape index (κ1) is 17.6. The number of hydrogen-bond donors (Lipinski definition) is 1. The molecule has 1 amide bonds. The molecule has 0 saturated carbocycles. The summed E-state index contributed by atoms with van der Waals surface area (Å²) in [4.78, 5) is 14.8. The van der Waals surface area contributed by atoms with E-state index in [1.807, 2.05) is 30.3 Å². The Morgan fingerprint density at radius 1 is 1.50 bits per heavy atom. The van der Waals surface area contributed by atoms with Gasteiger partial charge in [-0.2, -0.15) is 0 Å². The van der Waals surface area contributed by atoms with Gasteiger partial charge in [0.15, 0.2) is 0 Å². The van der Waals surface area contributed by atoms with Crippen molar-refractivity contribution in [2.24, 2.45) is 0 Å². The Hall–Kier alpha value is -0.780. The molecule has 1 heterocycles. The minimum atomic E-state index is -0.649. The molecule has 3 atom stereocenters. The van der Waals surface area contributed by atoms with E-state index in [-0.39, 0.29) is 17.9 Å². The van der Waals surface area contributed by atoms with Gasteiger partial charge in [-0.15, -0.1) is 11.8 Å². The predicted octanol–water partition coefficient (Wildman–Crippen LogP) is 3.74. The Labute approximate surface area is 144 Å². The third-order valence-corrected chi connectivity index (χ3v) is 5.65. The number of aliphatic hydroxyl groups excluding tert-OH is 1. The number of aliphatic hydroxyl groups is 1. The zero-order valence-electron chi connectivity index (χ0n) is 12.9. The molecule has 1 saturated heterocycles. The summed E-state index contributed by atoms with van der Waals surface area (Å²) < 4.78 is 0.732. The molecule has 2 rings (SSSR count). The Bertz CT molecular complexity index is 535. The SMILES string of the molecule is CC/C=C(\SCBr)C(O)C1C(c2ccccc2)CC(=O)N1C.